The van der Waals surface area contributed by atoms with Crippen LogP contribution in [0.15, 0.2) is 24.3 Å². The summed E-state index contributed by atoms with van der Waals surface area (Å²) in [5, 5.41) is 3.21. The molecule has 6 heteroatoms. The minimum atomic E-state index is -4.24. The summed E-state index contributed by atoms with van der Waals surface area (Å²) < 4.78 is 45.2. The monoisotopic (exact) mass is 303 g/mol. The standard InChI is InChI=1S/C15H20F3NO2/c1-20-14-4-2-11(3-5-14)12-8-13(9-12)19-6-7-21-10-15(16,17)18/h2-5,12-13,19H,6-10H2,1H3. The molecule has 118 valence electrons. The first-order valence-corrected chi connectivity index (χ1v) is 7.00. The topological polar surface area (TPSA) is 30.5 Å². The van der Waals surface area contributed by atoms with Gasteiger partial charge in [-0.3, -0.25) is 0 Å². The molecule has 1 N–H and O–H groups in total. The van der Waals surface area contributed by atoms with Crippen molar-refractivity contribution in [1.29, 1.82) is 0 Å². The summed E-state index contributed by atoms with van der Waals surface area (Å²) in [7, 11) is 1.64. The molecule has 0 radical (unpaired) electrons. The molecule has 1 aromatic carbocycles. The fourth-order valence-corrected chi connectivity index (χ4v) is 2.46. The van der Waals surface area contributed by atoms with Gasteiger partial charge in [-0.25, -0.2) is 0 Å². The van der Waals surface area contributed by atoms with Gasteiger partial charge in [-0.15, -0.1) is 0 Å². The molecule has 0 atom stereocenters. The van der Waals surface area contributed by atoms with Gasteiger partial charge in [0, 0.05) is 12.6 Å². The molecule has 1 saturated carbocycles. The molecule has 3 nitrogen and oxygen atoms in total. The zero-order valence-corrected chi connectivity index (χ0v) is 12.0. The third kappa shape index (κ3) is 5.21. The minimum Gasteiger partial charge on any atom is -0.497 e. The van der Waals surface area contributed by atoms with Gasteiger partial charge in [0.25, 0.3) is 0 Å². The molecule has 0 saturated heterocycles. The summed E-state index contributed by atoms with van der Waals surface area (Å²) in [5.74, 6) is 1.36. The van der Waals surface area contributed by atoms with Gasteiger partial charge < -0.3 is 14.8 Å². The normalized spacial score (nSPS) is 21.9. The summed E-state index contributed by atoms with van der Waals surface area (Å²) in [6.45, 7) is -0.632. The van der Waals surface area contributed by atoms with E-state index in [9.17, 15) is 13.2 Å². The Hall–Kier alpha value is -1.27. The lowest BCUT2D eigenvalue weighted by atomic mass is 9.76. The van der Waals surface area contributed by atoms with Crippen LogP contribution in [-0.2, 0) is 4.74 Å². The first kappa shape index (κ1) is 16.1. The van der Waals surface area contributed by atoms with Crippen LogP contribution in [0.25, 0.3) is 0 Å². The van der Waals surface area contributed by atoms with Crippen LogP contribution in [0.5, 0.6) is 5.75 Å². The van der Waals surface area contributed by atoms with E-state index in [0.717, 1.165) is 18.6 Å². The quantitative estimate of drug-likeness (QED) is 0.785. The first-order chi connectivity index (χ1) is 9.98. The van der Waals surface area contributed by atoms with Gasteiger partial charge in [0.05, 0.1) is 13.7 Å². The number of nitrogens with one attached hydrogen (secondary N) is 1. The molecule has 0 bridgehead atoms. The molecule has 1 fully saturated rings. The van der Waals surface area contributed by atoms with Gasteiger partial charge in [0.1, 0.15) is 12.4 Å². The SMILES string of the molecule is COc1ccc(C2CC(NCCOCC(F)(F)F)C2)cc1. The summed E-state index contributed by atoms with van der Waals surface area (Å²) >= 11 is 0. The third-order valence-electron chi connectivity index (χ3n) is 3.67. The van der Waals surface area contributed by atoms with E-state index in [1.165, 1.54) is 5.56 Å². The van der Waals surface area contributed by atoms with Crippen molar-refractivity contribution in [3.8, 4) is 5.75 Å². The lowest BCUT2D eigenvalue weighted by Crippen LogP contribution is -2.41. The molecule has 0 heterocycles. The maximum atomic E-state index is 11.9. The number of hydrogen-bond acceptors (Lipinski definition) is 3. The van der Waals surface area contributed by atoms with Crippen molar-refractivity contribution in [3.63, 3.8) is 0 Å². The zero-order chi connectivity index (χ0) is 15.3. The van der Waals surface area contributed by atoms with Crippen LogP contribution in [0, 0.1) is 0 Å². The Labute approximate surface area is 122 Å². The van der Waals surface area contributed by atoms with E-state index in [0.29, 0.717) is 18.5 Å². The molecule has 0 amide bonds. The molecule has 1 aliphatic carbocycles. The van der Waals surface area contributed by atoms with Crippen LogP contribution in [-0.4, -0.2) is 39.1 Å². The van der Waals surface area contributed by atoms with Gasteiger partial charge in [0.2, 0.25) is 0 Å². The van der Waals surface area contributed by atoms with Crippen LogP contribution >= 0.6 is 0 Å². The van der Waals surface area contributed by atoms with Crippen LogP contribution in [0.4, 0.5) is 13.2 Å². The van der Waals surface area contributed by atoms with E-state index in [2.05, 4.69) is 22.2 Å². The molecular weight excluding hydrogens is 283 g/mol. The number of methoxy groups -OCH3 is 1. The fourth-order valence-electron chi connectivity index (χ4n) is 2.46. The maximum Gasteiger partial charge on any atom is 0.411 e. The highest BCUT2D eigenvalue weighted by molar-refractivity contribution is 5.30. The van der Waals surface area contributed by atoms with E-state index in [-0.39, 0.29) is 6.61 Å². The molecule has 0 unspecified atom stereocenters. The van der Waals surface area contributed by atoms with Crippen molar-refractivity contribution in [1.82, 2.24) is 5.32 Å². The van der Waals surface area contributed by atoms with Crippen molar-refractivity contribution >= 4 is 0 Å². The van der Waals surface area contributed by atoms with E-state index in [1.54, 1.807) is 7.11 Å². The largest absolute Gasteiger partial charge is 0.497 e. The van der Waals surface area contributed by atoms with E-state index < -0.39 is 12.8 Å². The number of alkyl halides is 3. The zero-order valence-electron chi connectivity index (χ0n) is 12.0. The lowest BCUT2D eigenvalue weighted by Gasteiger charge is -2.36. The highest BCUT2D eigenvalue weighted by Crippen LogP contribution is 2.37. The van der Waals surface area contributed by atoms with Gasteiger partial charge >= 0.3 is 6.18 Å². The van der Waals surface area contributed by atoms with Crippen molar-refractivity contribution in [2.75, 3.05) is 26.9 Å². The molecule has 1 aromatic rings. The van der Waals surface area contributed by atoms with Gasteiger partial charge in [-0.05, 0) is 36.5 Å². The summed E-state index contributed by atoms with van der Waals surface area (Å²) in [6.07, 6.45) is -2.23. The van der Waals surface area contributed by atoms with Gasteiger partial charge in [0.15, 0.2) is 0 Å². The smallest absolute Gasteiger partial charge is 0.411 e. The predicted molar refractivity (Wildman–Crippen MR) is 73.6 cm³/mol. The Kier molecular flexibility index (Phi) is 5.47. The van der Waals surface area contributed by atoms with Crippen molar-refractivity contribution in [2.45, 2.75) is 31.0 Å². The Morgan fingerprint density at radius 3 is 2.43 bits per heavy atom. The highest BCUT2D eigenvalue weighted by Gasteiger charge is 2.30. The van der Waals surface area contributed by atoms with Crippen LogP contribution in [0.3, 0.4) is 0 Å². The molecule has 1 aliphatic rings. The summed E-state index contributed by atoms with van der Waals surface area (Å²) in [4.78, 5) is 0. The van der Waals surface area contributed by atoms with Crippen LogP contribution < -0.4 is 10.1 Å². The number of benzene rings is 1. The molecule has 0 aliphatic heterocycles. The van der Waals surface area contributed by atoms with Crippen molar-refractivity contribution in [2.24, 2.45) is 0 Å². The molecule has 0 spiro atoms. The predicted octanol–water partition coefficient (Wildman–Crippen LogP) is 3.11. The average Bonchev–Trinajstić information content (AvgIpc) is 2.39. The highest BCUT2D eigenvalue weighted by atomic mass is 19.4. The van der Waals surface area contributed by atoms with Gasteiger partial charge in [-0.1, -0.05) is 12.1 Å². The van der Waals surface area contributed by atoms with Crippen LogP contribution in [0.1, 0.15) is 24.3 Å². The molecule has 21 heavy (non-hydrogen) atoms. The maximum absolute atomic E-state index is 11.9. The Morgan fingerprint density at radius 2 is 1.86 bits per heavy atom. The van der Waals surface area contributed by atoms with E-state index in [4.69, 9.17) is 4.74 Å². The Bertz CT molecular complexity index is 428. The Morgan fingerprint density at radius 1 is 1.19 bits per heavy atom. The Balaban J connectivity index is 1.58. The van der Waals surface area contributed by atoms with Crippen LogP contribution in [0.2, 0.25) is 0 Å². The lowest BCUT2D eigenvalue weighted by molar-refractivity contribution is -0.173. The minimum absolute atomic E-state index is 0.0865. The second-order valence-electron chi connectivity index (χ2n) is 5.26. The number of ether oxygens (including phenoxy) is 2. The second-order valence-corrected chi connectivity index (χ2v) is 5.26. The third-order valence-corrected chi connectivity index (χ3v) is 3.67. The second kappa shape index (κ2) is 7.13. The van der Waals surface area contributed by atoms with Gasteiger partial charge in [-0.2, -0.15) is 13.2 Å². The van der Waals surface area contributed by atoms with Crippen molar-refractivity contribution in [3.05, 3.63) is 29.8 Å². The summed E-state index contributed by atoms with van der Waals surface area (Å²) in [6, 6.07) is 8.38. The van der Waals surface area contributed by atoms with E-state index >= 15 is 0 Å². The fraction of sp³-hybridized carbons (Fsp3) is 0.600. The molecule has 0 aromatic heterocycles. The summed E-state index contributed by atoms with van der Waals surface area (Å²) in [5.41, 5.74) is 1.28. The number of rotatable bonds is 7. The van der Waals surface area contributed by atoms with E-state index in [1.807, 2.05) is 12.1 Å². The average molecular weight is 303 g/mol. The molecular formula is C15H20F3NO2. The molecule has 2 rings (SSSR count). The first-order valence-electron chi connectivity index (χ1n) is 7.00. The number of halogens is 3. The van der Waals surface area contributed by atoms with Crippen molar-refractivity contribution < 1.29 is 22.6 Å². The number of hydrogen-bond donors (Lipinski definition) is 1.